The molecule has 2 bridgehead atoms. The van der Waals surface area contributed by atoms with Gasteiger partial charge in [0, 0.05) is 12.0 Å². The van der Waals surface area contributed by atoms with Crippen molar-refractivity contribution in [3.8, 4) is 5.69 Å². The van der Waals surface area contributed by atoms with Gasteiger partial charge in [-0.05, 0) is 56.6 Å². The lowest BCUT2D eigenvalue weighted by Crippen LogP contribution is -2.48. The molecule has 1 heterocycles. The van der Waals surface area contributed by atoms with Crippen LogP contribution in [0, 0.1) is 24.7 Å². The summed E-state index contributed by atoms with van der Waals surface area (Å²) in [6, 6.07) is 10.3. The minimum atomic E-state index is 0. The van der Waals surface area contributed by atoms with E-state index in [1.165, 1.54) is 19.3 Å². The highest BCUT2D eigenvalue weighted by atomic mass is 35.5. The number of anilines is 1. The Hall–Kier alpha value is -1.85. The Balaban J connectivity index is 0.00000196. The summed E-state index contributed by atoms with van der Waals surface area (Å²) >= 11 is 0. The van der Waals surface area contributed by atoms with Crippen LogP contribution in [0.1, 0.15) is 37.8 Å². The molecule has 0 spiro atoms. The van der Waals surface area contributed by atoms with Crippen molar-refractivity contribution in [2.45, 2.75) is 45.1 Å². The number of nitrogens with one attached hydrogen (secondary N) is 1. The van der Waals surface area contributed by atoms with Crippen molar-refractivity contribution in [2.75, 3.05) is 5.32 Å². The molecule has 0 saturated heterocycles. The summed E-state index contributed by atoms with van der Waals surface area (Å²) in [6.45, 7) is 1.99. The molecule has 2 fully saturated rings. The molecule has 0 aliphatic heterocycles. The van der Waals surface area contributed by atoms with Gasteiger partial charge in [-0.1, -0.05) is 24.6 Å². The van der Waals surface area contributed by atoms with Crippen LogP contribution >= 0.6 is 12.4 Å². The van der Waals surface area contributed by atoms with Crippen LogP contribution in [0.15, 0.2) is 36.5 Å². The first-order chi connectivity index (χ1) is 12.1. The molecule has 2 aliphatic carbocycles. The first-order valence-corrected chi connectivity index (χ1v) is 9.30. The third-order valence-corrected chi connectivity index (χ3v) is 6.05. The highest BCUT2D eigenvalue weighted by molar-refractivity contribution is 5.93. The fourth-order valence-corrected chi connectivity index (χ4v) is 4.60. The van der Waals surface area contributed by atoms with Crippen LogP contribution in [0.5, 0.6) is 0 Å². The number of para-hydroxylation sites is 1. The number of hydrogen-bond acceptors (Lipinski definition) is 3. The largest absolute Gasteiger partial charge is 0.327 e. The van der Waals surface area contributed by atoms with E-state index < -0.39 is 0 Å². The van der Waals surface area contributed by atoms with Crippen LogP contribution in [0.4, 0.5) is 5.69 Å². The fraction of sp³-hybridized carbons (Fsp3) is 0.500. The lowest BCUT2D eigenvalue weighted by molar-refractivity contribution is -0.122. The SMILES string of the molecule is Cc1c(NC(=O)C2CC3CCCC(C2)C3N)cnn1-c1ccccc1.Cl. The van der Waals surface area contributed by atoms with E-state index in [-0.39, 0.29) is 24.2 Å². The highest BCUT2D eigenvalue weighted by Crippen LogP contribution is 2.42. The Kier molecular flexibility index (Phi) is 5.68. The molecule has 2 saturated carbocycles. The average molecular weight is 375 g/mol. The first kappa shape index (κ1) is 18.9. The van der Waals surface area contributed by atoms with Gasteiger partial charge >= 0.3 is 0 Å². The molecule has 2 aliphatic rings. The van der Waals surface area contributed by atoms with Crippen LogP contribution in [0.3, 0.4) is 0 Å². The van der Waals surface area contributed by atoms with Crippen molar-refractivity contribution in [1.82, 2.24) is 9.78 Å². The number of benzene rings is 1. The molecule has 6 heteroatoms. The minimum Gasteiger partial charge on any atom is -0.327 e. The molecule has 1 amide bonds. The topological polar surface area (TPSA) is 72.9 Å². The van der Waals surface area contributed by atoms with Crippen LogP contribution in [-0.4, -0.2) is 21.7 Å². The maximum atomic E-state index is 12.8. The maximum Gasteiger partial charge on any atom is 0.227 e. The van der Waals surface area contributed by atoms with Crippen molar-refractivity contribution in [1.29, 1.82) is 0 Å². The second kappa shape index (κ2) is 7.80. The lowest BCUT2D eigenvalue weighted by atomic mass is 9.65. The van der Waals surface area contributed by atoms with Gasteiger partial charge in [0.25, 0.3) is 0 Å². The van der Waals surface area contributed by atoms with Crippen LogP contribution in [0.25, 0.3) is 5.69 Å². The Morgan fingerprint density at radius 3 is 2.50 bits per heavy atom. The second-order valence-corrected chi connectivity index (χ2v) is 7.58. The van der Waals surface area contributed by atoms with Crippen molar-refractivity contribution in [3.05, 3.63) is 42.2 Å². The van der Waals surface area contributed by atoms with Crippen LogP contribution < -0.4 is 11.1 Å². The van der Waals surface area contributed by atoms with Crippen LogP contribution in [-0.2, 0) is 4.79 Å². The predicted octanol–water partition coefficient (Wildman–Crippen LogP) is 3.69. The van der Waals surface area contributed by atoms with Gasteiger partial charge in [-0.25, -0.2) is 4.68 Å². The molecule has 2 atom stereocenters. The number of nitrogens with zero attached hydrogens (tertiary/aromatic N) is 2. The number of aromatic nitrogens is 2. The summed E-state index contributed by atoms with van der Waals surface area (Å²) in [5, 5.41) is 7.55. The Labute approximate surface area is 160 Å². The number of carbonyl (C=O) groups is 1. The van der Waals surface area contributed by atoms with Gasteiger partial charge in [-0.3, -0.25) is 4.79 Å². The van der Waals surface area contributed by atoms with E-state index >= 15 is 0 Å². The summed E-state index contributed by atoms with van der Waals surface area (Å²) in [6.07, 6.45) is 7.21. The zero-order chi connectivity index (χ0) is 17.4. The van der Waals surface area contributed by atoms with E-state index in [1.54, 1.807) is 6.20 Å². The highest BCUT2D eigenvalue weighted by Gasteiger charge is 2.40. The number of nitrogens with two attached hydrogens (primary N) is 1. The maximum absolute atomic E-state index is 12.8. The Morgan fingerprint density at radius 1 is 1.19 bits per heavy atom. The fourth-order valence-electron chi connectivity index (χ4n) is 4.60. The van der Waals surface area contributed by atoms with Gasteiger partial charge in [0.2, 0.25) is 5.91 Å². The van der Waals surface area contributed by atoms with E-state index in [1.807, 2.05) is 41.9 Å². The molecular weight excluding hydrogens is 348 g/mol. The number of hydrogen-bond donors (Lipinski definition) is 2. The van der Waals surface area contributed by atoms with E-state index in [0.717, 1.165) is 29.9 Å². The third kappa shape index (κ3) is 3.51. The predicted molar refractivity (Wildman–Crippen MR) is 106 cm³/mol. The standard InChI is InChI=1S/C20H26N4O.ClH/c1-13-18(12-22-24(13)17-8-3-2-4-9-17)23-20(25)16-10-14-6-5-7-15(11-16)19(14)21;/h2-4,8-9,12,14-16,19H,5-7,10-11,21H2,1H3,(H,23,25);1H. The summed E-state index contributed by atoms with van der Waals surface area (Å²) < 4.78 is 1.86. The molecule has 4 rings (SSSR count). The van der Waals surface area contributed by atoms with Gasteiger partial charge < -0.3 is 11.1 Å². The van der Waals surface area contributed by atoms with Gasteiger partial charge in [0.1, 0.15) is 0 Å². The second-order valence-electron chi connectivity index (χ2n) is 7.58. The quantitative estimate of drug-likeness (QED) is 0.860. The van der Waals surface area contributed by atoms with Gasteiger partial charge in [-0.15, -0.1) is 12.4 Å². The third-order valence-electron chi connectivity index (χ3n) is 6.05. The molecule has 5 nitrogen and oxygen atoms in total. The van der Waals surface area contributed by atoms with E-state index in [4.69, 9.17) is 5.73 Å². The summed E-state index contributed by atoms with van der Waals surface area (Å²) in [7, 11) is 0. The molecular formula is C20H27ClN4O. The van der Waals surface area contributed by atoms with Crippen molar-refractivity contribution in [2.24, 2.45) is 23.5 Å². The van der Waals surface area contributed by atoms with E-state index in [0.29, 0.717) is 17.9 Å². The molecule has 140 valence electrons. The smallest absolute Gasteiger partial charge is 0.227 e. The Bertz CT molecular complexity index is 746. The first-order valence-electron chi connectivity index (χ1n) is 9.30. The number of halogens is 1. The molecule has 1 aromatic heterocycles. The molecule has 3 N–H and O–H groups in total. The van der Waals surface area contributed by atoms with Gasteiger partial charge in [0.15, 0.2) is 0 Å². The summed E-state index contributed by atoms with van der Waals surface area (Å²) in [4.78, 5) is 12.8. The van der Waals surface area contributed by atoms with Crippen molar-refractivity contribution < 1.29 is 4.79 Å². The average Bonchev–Trinajstić information content (AvgIpc) is 2.96. The summed E-state index contributed by atoms with van der Waals surface area (Å²) in [5.41, 5.74) is 9.10. The van der Waals surface area contributed by atoms with E-state index in [9.17, 15) is 4.79 Å². The van der Waals surface area contributed by atoms with Crippen LogP contribution in [0.2, 0.25) is 0 Å². The summed E-state index contributed by atoms with van der Waals surface area (Å²) in [5.74, 6) is 1.22. The van der Waals surface area contributed by atoms with E-state index in [2.05, 4.69) is 10.4 Å². The van der Waals surface area contributed by atoms with Gasteiger partial charge in [-0.2, -0.15) is 5.10 Å². The zero-order valence-electron chi connectivity index (χ0n) is 15.1. The molecule has 2 aromatic rings. The van der Waals surface area contributed by atoms with Crippen molar-refractivity contribution >= 4 is 24.0 Å². The molecule has 0 radical (unpaired) electrons. The number of rotatable bonds is 3. The molecule has 2 unspecified atom stereocenters. The Morgan fingerprint density at radius 2 is 1.85 bits per heavy atom. The van der Waals surface area contributed by atoms with Crippen molar-refractivity contribution in [3.63, 3.8) is 0 Å². The molecule has 1 aromatic carbocycles. The number of carbonyl (C=O) groups excluding carboxylic acids is 1. The zero-order valence-corrected chi connectivity index (χ0v) is 15.9. The van der Waals surface area contributed by atoms with Gasteiger partial charge in [0.05, 0.1) is 23.3 Å². The number of fused-ring (bicyclic) bond motifs is 2. The monoisotopic (exact) mass is 374 g/mol. The molecule has 26 heavy (non-hydrogen) atoms. The normalized spacial score (nSPS) is 27.5. The minimum absolute atomic E-state index is 0. The lowest BCUT2D eigenvalue weighted by Gasteiger charge is -2.43. The number of amides is 1.